The van der Waals surface area contributed by atoms with Gasteiger partial charge in [0.05, 0.1) is 16.8 Å². The first kappa shape index (κ1) is 16.5. The van der Waals surface area contributed by atoms with Crippen molar-refractivity contribution >= 4 is 29.0 Å². The van der Waals surface area contributed by atoms with Gasteiger partial charge in [-0.05, 0) is 69.3 Å². The zero-order chi connectivity index (χ0) is 17.4. The van der Waals surface area contributed by atoms with E-state index in [0.717, 1.165) is 34.4 Å². The number of pyridine rings is 1. The number of nitrogens with zero attached hydrogens (tertiary/aromatic N) is 3. The van der Waals surface area contributed by atoms with Gasteiger partial charge in [0, 0.05) is 23.6 Å². The molecule has 0 atom stereocenters. The lowest BCUT2D eigenvalue weighted by atomic mass is 10.2. The van der Waals surface area contributed by atoms with E-state index in [1.807, 2.05) is 52.0 Å². The topological polar surface area (TPSA) is 55.2 Å². The van der Waals surface area contributed by atoms with E-state index in [1.54, 1.807) is 12.4 Å². The smallest absolute Gasteiger partial charge is 0.293 e. The van der Waals surface area contributed by atoms with E-state index in [-0.39, 0.29) is 17.2 Å². The van der Waals surface area contributed by atoms with Crippen LogP contribution in [0, 0.1) is 13.8 Å². The maximum atomic E-state index is 12.4. The van der Waals surface area contributed by atoms with Crippen LogP contribution < -0.4 is 0 Å². The van der Waals surface area contributed by atoms with Crippen molar-refractivity contribution in [3.05, 3.63) is 52.4 Å². The number of carbonyl (C=O) groups is 2. The van der Waals surface area contributed by atoms with E-state index in [9.17, 15) is 9.59 Å². The van der Waals surface area contributed by atoms with Crippen LogP contribution in [0.1, 0.15) is 30.8 Å². The molecule has 1 fully saturated rings. The van der Waals surface area contributed by atoms with Crippen LogP contribution in [0.3, 0.4) is 0 Å². The van der Waals surface area contributed by atoms with Crippen LogP contribution in [0.4, 0.5) is 4.79 Å². The molecule has 3 heterocycles. The number of hydrogen-bond donors (Lipinski definition) is 0. The molecule has 3 rings (SSSR count). The van der Waals surface area contributed by atoms with Gasteiger partial charge in [-0.15, -0.1) is 0 Å². The van der Waals surface area contributed by atoms with Gasteiger partial charge in [-0.2, -0.15) is 0 Å². The predicted molar refractivity (Wildman–Crippen MR) is 96.0 cm³/mol. The summed E-state index contributed by atoms with van der Waals surface area (Å²) < 4.78 is 2.09. The fourth-order valence-electron chi connectivity index (χ4n) is 2.88. The van der Waals surface area contributed by atoms with Crippen molar-refractivity contribution < 1.29 is 9.59 Å². The lowest BCUT2D eigenvalue weighted by Gasteiger charge is -2.16. The van der Waals surface area contributed by atoms with Gasteiger partial charge in [0.25, 0.3) is 11.1 Å². The first-order chi connectivity index (χ1) is 11.4. The maximum absolute atomic E-state index is 12.4. The second-order valence-corrected chi connectivity index (χ2v) is 7.01. The third-order valence-corrected chi connectivity index (χ3v) is 4.88. The molecule has 0 saturated carbocycles. The normalized spacial score (nSPS) is 16.7. The highest BCUT2D eigenvalue weighted by Crippen LogP contribution is 2.34. The Kier molecular flexibility index (Phi) is 4.32. The first-order valence-corrected chi connectivity index (χ1v) is 8.58. The minimum absolute atomic E-state index is 0.133. The molecule has 0 aliphatic carbocycles. The predicted octanol–water partition coefficient (Wildman–Crippen LogP) is 3.93. The van der Waals surface area contributed by atoms with Crippen molar-refractivity contribution in [2.75, 3.05) is 0 Å². The molecule has 0 spiro atoms. The summed E-state index contributed by atoms with van der Waals surface area (Å²) in [6, 6.07) is 5.77. The molecule has 2 aromatic heterocycles. The zero-order valence-electron chi connectivity index (χ0n) is 14.1. The lowest BCUT2D eigenvalue weighted by Crippen LogP contribution is -2.34. The molecule has 2 aromatic rings. The maximum Gasteiger partial charge on any atom is 0.293 e. The van der Waals surface area contributed by atoms with Crippen LogP contribution in [-0.4, -0.2) is 31.6 Å². The van der Waals surface area contributed by atoms with E-state index < -0.39 is 0 Å². The Morgan fingerprint density at radius 2 is 2.00 bits per heavy atom. The number of imide groups is 1. The molecule has 2 amide bonds. The molecule has 0 bridgehead atoms. The molecule has 124 valence electrons. The van der Waals surface area contributed by atoms with Crippen LogP contribution in [0.25, 0.3) is 11.8 Å². The van der Waals surface area contributed by atoms with Gasteiger partial charge in [0.2, 0.25) is 0 Å². The summed E-state index contributed by atoms with van der Waals surface area (Å²) in [5, 5.41) is -0.206. The molecule has 0 N–H and O–H groups in total. The van der Waals surface area contributed by atoms with Crippen LogP contribution in [-0.2, 0) is 4.79 Å². The Labute approximate surface area is 145 Å². The number of carbonyl (C=O) groups excluding carboxylic acids is 2. The first-order valence-electron chi connectivity index (χ1n) is 7.76. The van der Waals surface area contributed by atoms with Gasteiger partial charge in [-0.3, -0.25) is 19.5 Å². The SMILES string of the molecule is Cc1cc(/C=C2/SC(=O)N(C(C)C)C2=O)c(C)n1-c1cccnc1. The van der Waals surface area contributed by atoms with Crippen molar-refractivity contribution in [1.29, 1.82) is 0 Å². The van der Waals surface area contributed by atoms with Crippen LogP contribution in [0.2, 0.25) is 0 Å². The summed E-state index contributed by atoms with van der Waals surface area (Å²) >= 11 is 1.00. The molecular weight excluding hydrogens is 322 g/mol. The quantitative estimate of drug-likeness (QED) is 0.794. The summed E-state index contributed by atoms with van der Waals surface area (Å²) in [4.78, 5) is 30.4. The van der Waals surface area contributed by atoms with Crippen molar-refractivity contribution in [3.63, 3.8) is 0 Å². The molecule has 24 heavy (non-hydrogen) atoms. The summed E-state index contributed by atoms with van der Waals surface area (Å²) in [5.74, 6) is -0.216. The third-order valence-electron chi connectivity index (χ3n) is 4.00. The highest BCUT2D eigenvalue weighted by Gasteiger charge is 2.36. The van der Waals surface area contributed by atoms with Crippen LogP contribution in [0.5, 0.6) is 0 Å². The van der Waals surface area contributed by atoms with E-state index in [4.69, 9.17) is 0 Å². The molecule has 0 aromatic carbocycles. The Hall–Kier alpha value is -2.34. The van der Waals surface area contributed by atoms with Gasteiger partial charge in [-0.25, -0.2) is 0 Å². The zero-order valence-corrected chi connectivity index (χ0v) is 14.9. The number of hydrogen-bond acceptors (Lipinski definition) is 4. The van der Waals surface area contributed by atoms with Gasteiger partial charge in [-0.1, -0.05) is 0 Å². The Balaban J connectivity index is 2.01. The van der Waals surface area contributed by atoms with Crippen molar-refractivity contribution in [1.82, 2.24) is 14.5 Å². The molecular formula is C18H19N3O2S. The van der Waals surface area contributed by atoms with Crippen molar-refractivity contribution in [3.8, 4) is 5.69 Å². The van der Waals surface area contributed by atoms with E-state index in [0.29, 0.717) is 4.91 Å². The average molecular weight is 341 g/mol. The number of aryl methyl sites for hydroxylation is 1. The number of rotatable bonds is 3. The minimum Gasteiger partial charge on any atom is -0.316 e. The van der Waals surface area contributed by atoms with Gasteiger partial charge >= 0.3 is 0 Å². The van der Waals surface area contributed by atoms with Crippen LogP contribution in [0.15, 0.2) is 35.5 Å². The summed E-state index contributed by atoms with van der Waals surface area (Å²) in [6.45, 7) is 7.69. The third kappa shape index (κ3) is 2.78. The Morgan fingerprint density at radius 3 is 2.58 bits per heavy atom. The second kappa shape index (κ2) is 6.28. The fraction of sp³-hybridized carbons (Fsp3) is 0.278. The Bertz CT molecular complexity index is 837. The molecule has 5 nitrogen and oxygen atoms in total. The number of aromatic nitrogens is 2. The molecule has 1 aliphatic heterocycles. The van der Waals surface area contributed by atoms with Gasteiger partial charge < -0.3 is 4.57 Å². The molecule has 0 radical (unpaired) electrons. The van der Waals surface area contributed by atoms with E-state index >= 15 is 0 Å². The minimum atomic E-state index is -0.216. The van der Waals surface area contributed by atoms with Gasteiger partial charge in [0.15, 0.2) is 0 Å². The highest BCUT2D eigenvalue weighted by molar-refractivity contribution is 8.18. The molecule has 1 saturated heterocycles. The van der Waals surface area contributed by atoms with E-state index in [1.165, 1.54) is 4.90 Å². The van der Waals surface area contributed by atoms with Gasteiger partial charge in [0.1, 0.15) is 0 Å². The highest BCUT2D eigenvalue weighted by atomic mass is 32.2. The van der Waals surface area contributed by atoms with Crippen molar-refractivity contribution in [2.45, 2.75) is 33.7 Å². The van der Waals surface area contributed by atoms with Crippen LogP contribution >= 0.6 is 11.8 Å². The largest absolute Gasteiger partial charge is 0.316 e. The number of thioether (sulfide) groups is 1. The fourth-order valence-corrected chi connectivity index (χ4v) is 3.84. The molecule has 6 heteroatoms. The summed E-state index contributed by atoms with van der Waals surface area (Å²) in [5.41, 5.74) is 3.97. The number of amides is 2. The van der Waals surface area contributed by atoms with E-state index in [2.05, 4.69) is 9.55 Å². The van der Waals surface area contributed by atoms with Crippen molar-refractivity contribution in [2.24, 2.45) is 0 Å². The second-order valence-electron chi connectivity index (χ2n) is 6.02. The Morgan fingerprint density at radius 1 is 1.25 bits per heavy atom. The standard InChI is InChI=1S/C18H19N3O2S/c1-11(2)20-17(22)16(24-18(20)23)9-14-8-12(3)21(13(14)4)15-6-5-7-19-10-15/h5-11H,1-4H3/b16-9+. The monoisotopic (exact) mass is 341 g/mol. The molecule has 1 aliphatic rings. The lowest BCUT2D eigenvalue weighted by molar-refractivity contribution is -0.123. The summed E-state index contributed by atoms with van der Waals surface area (Å²) in [7, 11) is 0. The molecule has 0 unspecified atom stereocenters. The average Bonchev–Trinajstić information content (AvgIpc) is 2.96. The summed E-state index contributed by atoms with van der Waals surface area (Å²) in [6.07, 6.45) is 5.35.